The van der Waals surface area contributed by atoms with Gasteiger partial charge in [0.05, 0.1) is 5.69 Å². The van der Waals surface area contributed by atoms with Gasteiger partial charge in [0.2, 0.25) is 5.91 Å². The summed E-state index contributed by atoms with van der Waals surface area (Å²) < 4.78 is 1.52. The Hall–Kier alpha value is -3.42. The summed E-state index contributed by atoms with van der Waals surface area (Å²) in [6.07, 6.45) is 1.73. The summed E-state index contributed by atoms with van der Waals surface area (Å²) in [5.41, 5.74) is 7.12. The van der Waals surface area contributed by atoms with Crippen molar-refractivity contribution in [3.05, 3.63) is 54.0 Å². The van der Waals surface area contributed by atoms with E-state index in [1.807, 2.05) is 51.1 Å². The molecule has 156 valence electrons. The lowest BCUT2D eigenvalue weighted by atomic mass is 10.0. The number of anilines is 1. The molecule has 1 aliphatic heterocycles. The van der Waals surface area contributed by atoms with Crippen molar-refractivity contribution in [1.82, 2.24) is 24.6 Å². The Balaban J connectivity index is 1.48. The Morgan fingerprint density at radius 3 is 2.43 bits per heavy atom. The minimum atomic E-state index is -0.139. The lowest BCUT2D eigenvalue weighted by Gasteiger charge is -2.44. The number of amides is 2. The van der Waals surface area contributed by atoms with Crippen molar-refractivity contribution in [1.29, 1.82) is 0 Å². The molecule has 1 saturated heterocycles. The second kappa shape index (κ2) is 7.78. The number of piperazine rings is 1. The van der Waals surface area contributed by atoms with E-state index in [0.29, 0.717) is 24.6 Å². The average Bonchev–Trinajstić information content (AvgIpc) is 3.05. The number of aryl methyl sites for hydroxylation is 1. The topological polar surface area (TPSA) is 97.3 Å². The monoisotopic (exact) mass is 406 g/mol. The van der Waals surface area contributed by atoms with Crippen molar-refractivity contribution in [2.45, 2.75) is 39.4 Å². The molecule has 0 unspecified atom stereocenters. The third-order valence-corrected chi connectivity index (χ3v) is 5.91. The Bertz CT molecular complexity index is 1110. The number of pyridine rings is 1. The number of nitrogens with zero attached hydrogens (tertiary/aromatic N) is 5. The van der Waals surface area contributed by atoms with Crippen molar-refractivity contribution in [3.8, 4) is 0 Å². The highest BCUT2D eigenvalue weighted by atomic mass is 16.2. The van der Waals surface area contributed by atoms with Crippen molar-refractivity contribution in [2.75, 3.05) is 18.8 Å². The molecule has 2 amide bonds. The van der Waals surface area contributed by atoms with Gasteiger partial charge in [0.1, 0.15) is 18.1 Å². The molecule has 0 saturated carbocycles. The Morgan fingerprint density at radius 2 is 1.73 bits per heavy atom. The number of hydrogen-bond acceptors (Lipinski definition) is 5. The van der Waals surface area contributed by atoms with Crippen LogP contribution >= 0.6 is 0 Å². The van der Waals surface area contributed by atoms with Gasteiger partial charge in [0, 0.05) is 42.8 Å². The third kappa shape index (κ3) is 3.60. The molecule has 2 atom stereocenters. The number of hydrogen-bond donors (Lipinski definition) is 1. The van der Waals surface area contributed by atoms with Crippen LogP contribution in [0.3, 0.4) is 0 Å². The first kappa shape index (κ1) is 19.9. The molecule has 8 nitrogen and oxygen atoms in total. The van der Waals surface area contributed by atoms with E-state index < -0.39 is 0 Å². The van der Waals surface area contributed by atoms with E-state index in [4.69, 9.17) is 5.73 Å². The van der Waals surface area contributed by atoms with E-state index in [1.54, 1.807) is 22.1 Å². The number of rotatable bonds is 3. The maximum absolute atomic E-state index is 13.1. The number of aromatic nitrogens is 3. The van der Waals surface area contributed by atoms with Crippen LogP contribution in [0.5, 0.6) is 0 Å². The van der Waals surface area contributed by atoms with E-state index in [9.17, 15) is 9.59 Å². The van der Waals surface area contributed by atoms with Gasteiger partial charge in [-0.2, -0.15) is 5.10 Å². The van der Waals surface area contributed by atoms with E-state index in [0.717, 1.165) is 16.5 Å². The maximum atomic E-state index is 13.1. The SMILES string of the molecule is Cc1cc(N)n(CC(=O)N2CCN(C(=O)c3cc4ccccc4cn3)[C@H](C)[C@H]2C)n1. The lowest BCUT2D eigenvalue weighted by molar-refractivity contribution is -0.137. The van der Waals surface area contributed by atoms with Crippen LogP contribution in [0.2, 0.25) is 0 Å². The third-order valence-electron chi connectivity index (χ3n) is 5.91. The number of nitrogen functional groups attached to an aromatic ring is 1. The maximum Gasteiger partial charge on any atom is 0.272 e. The predicted molar refractivity (Wildman–Crippen MR) is 115 cm³/mol. The first-order valence-corrected chi connectivity index (χ1v) is 10.1. The minimum absolute atomic E-state index is 0.0555. The quantitative estimate of drug-likeness (QED) is 0.718. The molecule has 0 radical (unpaired) electrons. The molecule has 3 heterocycles. The van der Waals surface area contributed by atoms with Gasteiger partial charge in [-0.1, -0.05) is 24.3 Å². The van der Waals surface area contributed by atoms with Crippen LogP contribution in [0.15, 0.2) is 42.6 Å². The van der Waals surface area contributed by atoms with Gasteiger partial charge in [-0.05, 0) is 32.2 Å². The molecule has 0 bridgehead atoms. The van der Waals surface area contributed by atoms with Crippen LogP contribution in [0.1, 0.15) is 30.0 Å². The van der Waals surface area contributed by atoms with Gasteiger partial charge >= 0.3 is 0 Å². The zero-order valence-electron chi connectivity index (χ0n) is 17.4. The van der Waals surface area contributed by atoms with Crippen molar-refractivity contribution >= 4 is 28.4 Å². The van der Waals surface area contributed by atoms with Gasteiger partial charge in [-0.15, -0.1) is 0 Å². The molecule has 4 rings (SSSR count). The van der Waals surface area contributed by atoms with E-state index >= 15 is 0 Å². The van der Waals surface area contributed by atoms with Crippen LogP contribution in [-0.2, 0) is 11.3 Å². The lowest BCUT2D eigenvalue weighted by Crippen LogP contribution is -2.60. The summed E-state index contributed by atoms with van der Waals surface area (Å²) in [6, 6.07) is 11.1. The van der Waals surface area contributed by atoms with Gasteiger partial charge < -0.3 is 15.5 Å². The molecule has 1 aromatic carbocycles. The van der Waals surface area contributed by atoms with Gasteiger partial charge in [0.25, 0.3) is 5.91 Å². The van der Waals surface area contributed by atoms with Gasteiger partial charge in [0.15, 0.2) is 0 Å². The van der Waals surface area contributed by atoms with Gasteiger partial charge in [-0.25, -0.2) is 4.68 Å². The molecule has 30 heavy (non-hydrogen) atoms. The van der Waals surface area contributed by atoms with Gasteiger partial charge in [-0.3, -0.25) is 14.6 Å². The van der Waals surface area contributed by atoms with Crippen LogP contribution in [0.4, 0.5) is 5.82 Å². The van der Waals surface area contributed by atoms with E-state index in [1.165, 1.54) is 4.68 Å². The Kier molecular flexibility index (Phi) is 5.15. The number of fused-ring (bicyclic) bond motifs is 1. The largest absolute Gasteiger partial charge is 0.384 e. The summed E-state index contributed by atoms with van der Waals surface area (Å²) in [6.45, 7) is 6.79. The Morgan fingerprint density at radius 1 is 1.07 bits per heavy atom. The number of benzene rings is 1. The number of carbonyl (C=O) groups excluding carboxylic acids is 2. The van der Waals surface area contributed by atoms with Crippen LogP contribution in [0, 0.1) is 6.92 Å². The zero-order chi connectivity index (χ0) is 21.4. The van der Waals surface area contributed by atoms with Crippen LogP contribution < -0.4 is 5.73 Å². The zero-order valence-corrected chi connectivity index (χ0v) is 17.4. The second-order valence-electron chi connectivity index (χ2n) is 7.85. The second-order valence-corrected chi connectivity index (χ2v) is 7.85. The molecule has 1 fully saturated rings. The fraction of sp³-hybridized carbons (Fsp3) is 0.364. The average molecular weight is 406 g/mol. The fourth-order valence-corrected chi connectivity index (χ4v) is 4.04. The van der Waals surface area contributed by atoms with Crippen LogP contribution in [-0.4, -0.2) is 61.6 Å². The summed E-state index contributed by atoms with van der Waals surface area (Å²) in [4.78, 5) is 34.0. The molecular formula is C22H26N6O2. The molecule has 3 aromatic rings. The highest BCUT2D eigenvalue weighted by Crippen LogP contribution is 2.21. The van der Waals surface area contributed by atoms with Crippen LogP contribution in [0.25, 0.3) is 10.8 Å². The molecule has 0 spiro atoms. The molecule has 2 N–H and O–H groups in total. The fourth-order valence-electron chi connectivity index (χ4n) is 4.04. The molecule has 1 aliphatic rings. The first-order valence-electron chi connectivity index (χ1n) is 10.1. The normalized spacial score (nSPS) is 19.3. The number of nitrogens with two attached hydrogens (primary N) is 1. The number of carbonyl (C=O) groups is 2. The minimum Gasteiger partial charge on any atom is -0.384 e. The molecule has 8 heteroatoms. The highest BCUT2D eigenvalue weighted by molar-refractivity contribution is 5.96. The summed E-state index contributed by atoms with van der Waals surface area (Å²) in [5.74, 6) is 0.303. The van der Waals surface area contributed by atoms with Crippen molar-refractivity contribution in [3.63, 3.8) is 0 Å². The molecular weight excluding hydrogens is 380 g/mol. The highest BCUT2D eigenvalue weighted by Gasteiger charge is 2.36. The smallest absolute Gasteiger partial charge is 0.272 e. The summed E-state index contributed by atoms with van der Waals surface area (Å²) >= 11 is 0. The summed E-state index contributed by atoms with van der Waals surface area (Å²) in [5, 5.41) is 6.25. The van der Waals surface area contributed by atoms with Crippen molar-refractivity contribution < 1.29 is 9.59 Å². The first-order chi connectivity index (χ1) is 14.3. The van der Waals surface area contributed by atoms with Crippen molar-refractivity contribution in [2.24, 2.45) is 0 Å². The molecule has 0 aliphatic carbocycles. The standard InChI is InChI=1S/C22H26N6O2/c1-14-10-20(23)28(25-14)13-21(29)26-8-9-27(16(3)15(26)2)22(30)19-11-17-6-4-5-7-18(17)12-24-19/h4-7,10-12,15-16H,8-9,13,23H2,1-3H3/t15-,16-/m1/s1. The summed E-state index contributed by atoms with van der Waals surface area (Å²) in [7, 11) is 0. The van der Waals surface area contributed by atoms with E-state index in [-0.39, 0.29) is 30.4 Å². The Labute approximate surface area is 175 Å². The molecule has 2 aromatic heterocycles. The van der Waals surface area contributed by atoms with E-state index in [2.05, 4.69) is 10.1 Å². The predicted octanol–water partition coefficient (Wildman–Crippen LogP) is 2.08.